The van der Waals surface area contributed by atoms with Gasteiger partial charge in [0.2, 0.25) is 0 Å². The Morgan fingerprint density at radius 1 is 1.15 bits per heavy atom. The lowest BCUT2D eigenvalue weighted by molar-refractivity contribution is -0.169. The lowest BCUT2D eigenvalue weighted by Crippen LogP contribution is -2.46. The zero-order valence-corrected chi connectivity index (χ0v) is 17.6. The molecule has 0 bridgehead atoms. The van der Waals surface area contributed by atoms with Crippen molar-refractivity contribution in [3.63, 3.8) is 0 Å². The van der Waals surface area contributed by atoms with Gasteiger partial charge >= 0.3 is 18.3 Å². The Hall–Kier alpha value is -2.54. The van der Waals surface area contributed by atoms with E-state index in [0.29, 0.717) is 26.1 Å². The van der Waals surface area contributed by atoms with Gasteiger partial charge in [0, 0.05) is 44.1 Å². The largest absolute Gasteiger partial charge is 0.465 e. The fourth-order valence-corrected chi connectivity index (χ4v) is 4.28. The van der Waals surface area contributed by atoms with E-state index >= 15 is 0 Å². The van der Waals surface area contributed by atoms with E-state index in [-0.39, 0.29) is 29.9 Å². The number of ether oxygens (including phenoxy) is 3. The number of nitrogens with zero attached hydrogens (tertiary/aromatic N) is 3. The summed E-state index contributed by atoms with van der Waals surface area (Å²) in [4.78, 5) is 17.9. The Labute approximate surface area is 184 Å². The number of piperidine rings is 1. The van der Waals surface area contributed by atoms with E-state index in [2.05, 4.69) is 4.98 Å². The minimum absolute atomic E-state index is 0.171. The molecule has 4 heterocycles. The number of hydrogen-bond donors (Lipinski definition) is 0. The van der Waals surface area contributed by atoms with E-state index in [4.69, 9.17) is 14.2 Å². The van der Waals surface area contributed by atoms with Gasteiger partial charge in [0.25, 0.3) is 0 Å². The van der Waals surface area contributed by atoms with Gasteiger partial charge in [-0.2, -0.15) is 26.3 Å². The predicted molar refractivity (Wildman–Crippen MR) is 103 cm³/mol. The van der Waals surface area contributed by atoms with Gasteiger partial charge in [-0.25, -0.2) is 9.78 Å². The second-order valence-corrected chi connectivity index (χ2v) is 7.88. The highest BCUT2D eigenvalue weighted by Crippen LogP contribution is 2.41. The van der Waals surface area contributed by atoms with E-state index in [9.17, 15) is 31.1 Å². The van der Waals surface area contributed by atoms with Crippen LogP contribution in [0.15, 0.2) is 12.3 Å². The predicted octanol–water partition coefficient (Wildman–Crippen LogP) is 4.14. The Morgan fingerprint density at radius 2 is 1.79 bits per heavy atom. The molecule has 0 amide bonds. The molecule has 2 aromatic heterocycles. The molecule has 0 saturated carbocycles. The summed E-state index contributed by atoms with van der Waals surface area (Å²) in [6.07, 6.45) is -9.08. The molecule has 13 heteroatoms. The minimum Gasteiger partial charge on any atom is -0.465 e. The monoisotopic (exact) mass is 481 g/mol. The molecule has 2 aliphatic rings. The van der Waals surface area contributed by atoms with Gasteiger partial charge in [-0.3, -0.25) is 0 Å². The average Bonchev–Trinajstić information content (AvgIpc) is 3.37. The third kappa shape index (κ3) is 4.60. The van der Waals surface area contributed by atoms with Crippen LogP contribution < -0.4 is 4.90 Å². The van der Waals surface area contributed by atoms with Crippen molar-refractivity contribution in [3.8, 4) is 0 Å². The van der Waals surface area contributed by atoms with Crippen molar-refractivity contribution in [1.29, 1.82) is 0 Å². The van der Waals surface area contributed by atoms with Crippen molar-refractivity contribution >= 4 is 22.7 Å². The Balaban J connectivity index is 1.82. The molecular formula is C20H21F6N3O4. The van der Waals surface area contributed by atoms with Crippen LogP contribution in [0.5, 0.6) is 0 Å². The zero-order valence-electron chi connectivity index (χ0n) is 17.6. The highest BCUT2D eigenvalue weighted by molar-refractivity contribution is 6.08. The second-order valence-electron chi connectivity index (χ2n) is 7.88. The van der Waals surface area contributed by atoms with E-state index in [1.165, 1.54) is 11.0 Å². The summed E-state index contributed by atoms with van der Waals surface area (Å²) in [5, 5.41) is -0.171. The number of aromatic nitrogens is 2. The van der Waals surface area contributed by atoms with Crippen molar-refractivity contribution in [2.24, 2.45) is 0 Å². The lowest BCUT2D eigenvalue weighted by Gasteiger charge is -2.38. The summed E-state index contributed by atoms with van der Waals surface area (Å²) in [6, 6.07) is 1.19. The van der Waals surface area contributed by atoms with E-state index in [1.54, 1.807) is 0 Å². The highest BCUT2D eigenvalue weighted by atomic mass is 19.4. The molecule has 1 spiro atoms. The number of esters is 1. The number of fused-ring (bicyclic) bond motifs is 1. The normalized spacial score (nSPS) is 18.9. The molecule has 33 heavy (non-hydrogen) atoms. The molecule has 0 unspecified atom stereocenters. The molecule has 2 aromatic rings. The fourth-order valence-electron chi connectivity index (χ4n) is 4.28. The molecule has 182 valence electrons. The van der Waals surface area contributed by atoms with Crippen molar-refractivity contribution in [3.05, 3.63) is 23.5 Å². The van der Waals surface area contributed by atoms with Crippen LogP contribution in [0.25, 0.3) is 10.9 Å². The van der Waals surface area contributed by atoms with Crippen molar-refractivity contribution in [1.82, 2.24) is 9.55 Å². The first kappa shape index (κ1) is 23.6. The topological polar surface area (TPSA) is 65.8 Å². The zero-order chi connectivity index (χ0) is 24.0. The number of halogens is 6. The number of carbonyl (C=O) groups is 1. The Morgan fingerprint density at radius 3 is 2.33 bits per heavy atom. The number of rotatable bonds is 4. The SMILES string of the molecule is COC(=O)c1c(N2CCC3(CC2)OCCO3)nc(C(F)(F)F)c2c1ccn2CCC(F)(F)F. The molecule has 0 N–H and O–H groups in total. The van der Waals surface area contributed by atoms with E-state index in [1.807, 2.05) is 0 Å². The summed E-state index contributed by atoms with van der Waals surface area (Å²) in [5.41, 5.74) is -2.18. The lowest BCUT2D eigenvalue weighted by atomic mass is 10.0. The smallest absolute Gasteiger partial charge is 0.435 e. The standard InChI is InChI=1S/C20H21F6N3O4/c1-31-17(30)13-12-2-6-28(9-5-19(21,22)23)14(12)15(20(24,25)26)27-16(13)29-7-3-18(4-8-29)32-10-11-33-18/h2,6H,3-5,7-11H2,1H3. The van der Waals surface area contributed by atoms with Gasteiger partial charge in [-0.1, -0.05) is 0 Å². The molecule has 7 nitrogen and oxygen atoms in total. The second kappa shape index (κ2) is 8.35. The van der Waals surface area contributed by atoms with Gasteiger partial charge in [0.1, 0.15) is 11.4 Å². The van der Waals surface area contributed by atoms with Crippen molar-refractivity contribution in [2.45, 2.75) is 43.9 Å². The summed E-state index contributed by atoms with van der Waals surface area (Å²) in [6.45, 7) is 0.490. The first-order valence-corrected chi connectivity index (χ1v) is 10.2. The number of methoxy groups -OCH3 is 1. The van der Waals surface area contributed by atoms with Crippen LogP contribution >= 0.6 is 0 Å². The first-order valence-electron chi connectivity index (χ1n) is 10.2. The Bertz CT molecular complexity index is 1030. The Kier molecular flexibility index (Phi) is 5.97. The number of carbonyl (C=O) groups excluding carboxylic acids is 1. The summed E-state index contributed by atoms with van der Waals surface area (Å²) < 4.78 is 97.0. The van der Waals surface area contributed by atoms with Crippen LogP contribution in [0.4, 0.5) is 32.2 Å². The van der Waals surface area contributed by atoms with Crippen LogP contribution in [0.2, 0.25) is 0 Å². The maximum Gasteiger partial charge on any atom is 0.435 e. The van der Waals surface area contributed by atoms with Gasteiger partial charge in [0.15, 0.2) is 11.5 Å². The summed E-state index contributed by atoms with van der Waals surface area (Å²) >= 11 is 0. The van der Waals surface area contributed by atoms with Gasteiger partial charge in [-0.05, 0) is 6.07 Å². The van der Waals surface area contributed by atoms with Gasteiger partial charge < -0.3 is 23.7 Å². The fraction of sp³-hybridized carbons (Fsp3) is 0.600. The molecule has 0 aliphatic carbocycles. The number of aryl methyl sites for hydroxylation is 1. The summed E-state index contributed by atoms with van der Waals surface area (Å²) in [5.74, 6) is -1.97. The number of alkyl halides is 6. The maximum atomic E-state index is 14.0. The summed E-state index contributed by atoms with van der Waals surface area (Å²) in [7, 11) is 1.07. The molecule has 2 saturated heterocycles. The molecule has 0 atom stereocenters. The molecule has 4 rings (SSSR count). The highest BCUT2D eigenvalue weighted by Gasteiger charge is 2.43. The third-order valence-electron chi connectivity index (χ3n) is 5.83. The van der Waals surface area contributed by atoms with Crippen molar-refractivity contribution < 1.29 is 45.3 Å². The molecule has 0 radical (unpaired) electrons. The van der Waals surface area contributed by atoms with Crippen LogP contribution in [0, 0.1) is 0 Å². The molecular weight excluding hydrogens is 460 g/mol. The van der Waals surface area contributed by atoms with Crippen LogP contribution in [-0.2, 0) is 26.9 Å². The number of anilines is 1. The molecule has 2 aliphatic heterocycles. The van der Waals surface area contributed by atoms with E-state index in [0.717, 1.165) is 17.9 Å². The quantitative estimate of drug-likeness (QED) is 0.483. The van der Waals surface area contributed by atoms with Gasteiger partial charge in [0.05, 0.1) is 32.3 Å². The number of pyridine rings is 1. The number of hydrogen-bond acceptors (Lipinski definition) is 6. The van der Waals surface area contributed by atoms with Crippen LogP contribution in [0.3, 0.4) is 0 Å². The average molecular weight is 481 g/mol. The third-order valence-corrected chi connectivity index (χ3v) is 5.83. The first-order chi connectivity index (χ1) is 15.4. The van der Waals surface area contributed by atoms with Crippen molar-refractivity contribution in [2.75, 3.05) is 38.3 Å². The van der Waals surface area contributed by atoms with Crippen LogP contribution in [0.1, 0.15) is 35.3 Å². The minimum atomic E-state index is -4.97. The molecule has 0 aromatic carbocycles. The maximum absolute atomic E-state index is 14.0. The van der Waals surface area contributed by atoms with Crippen LogP contribution in [-0.4, -0.2) is 60.9 Å². The van der Waals surface area contributed by atoms with E-state index < -0.39 is 48.3 Å². The molecule has 2 fully saturated rings. The van der Waals surface area contributed by atoms with Gasteiger partial charge in [-0.15, -0.1) is 0 Å².